The molecule has 1 aromatic rings. The van der Waals surface area contributed by atoms with E-state index in [0.717, 1.165) is 31.6 Å². The van der Waals surface area contributed by atoms with Crippen LogP contribution < -0.4 is 0 Å². The van der Waals surface area contributed by atoms with Crippen molar-refractivity contribution >= 4 is 0 Å². The van der Waals surface area contributed by atoms with E-state index < -0.39 is 0 Å². The van der Waals surface area contributed by atoms with Gasteiger partial charge in [-0.3, -0.25) is 4.68 Å². The fourth-order valence-electron chi connectivity index (χ4n) is 3.04. The third-order valence-corrected chi connectivity index (χ3v) is 4.53. The molecule has 0 spiro atoms. The highest BCUT2D eigenvalue weighted by atomic mass is 15.2. The highest BCUT2D eigenvalue weighted by Crippen LogP contribution is 2.42. The van der Waals surface area contributed by atoms with Crippen LogP contribution in [0.15, 0.2) is 12.4 Å². The Hall–Kier alpha value is -1.30. The van der Waals surface area contributed by atoms with Gasteiger partial charge in [-0.1, -0.05) is 13.3 Å². The molecule has 0 atom stereocenters. The van der Waals surface area contributed by atoms with Gasteiger partial charge in [-0.05, 0) is 50.0 Å². The van der Waals surface area contributed by atoms with Crippen molar-refractivity contribution in [1.29, 1.82) is 5.26 Å². The van der Waals surface area contributed by atoms with Crippen LogP contribution in [0.5, 0.6) is 0 Å². The lowest BCUT2D eigenvalue weighted by molar-refractivity contribution is 0.194. The second-order valence-corrected chi connectivity index (χ2v) is 5.77. The van der Waals surface area contributed by atoms with Crippen molar-refractivity contribution in [2.45, 2.75) is 51.9 Å². The number of rotatable bonds is 4. The van der Waals surface area contributed by atoms with Crippen molar-refractivity contribution in [3.05, 3.63) is 18.0 Å². The van der Waals surface area contributed by atoms with Gasteiger partial charge in [-0.2, -0.15) is 10.4 Å². The largest absolute Gasteiger partial charge is 0.276 e. The summed E-state index contributed by atoms with van der Waals surface area (Å²) in [5.74, 6) is 0.852. The highest BCUT2D eigenvalue weighted by Gasteiger charge is 2.34. The zero-order valence-corrected chi connectivity index (χ0v) is 11.5. The molecular weight excluding hydrogens is 222 g/mol. The van der Waals surface area contributed by atoms with E-state index in [1.54, 1.807) is 0 Å². The summed E-state index contributed by atoms with van der Waals surface area (Å²) >= 11 is 0. The Morgan fingerprint density at radius 2 is 2.22 bits per heavy atom. The molecule has 0 amide bonds. The Kier molecular flexibility index (Phi) is 4.06. The summed E-state index contributed by atoms with van der Waals surface area (Å²) in [4.78, 5) is 0. The van der Waals surface area contributed by atoms with Gasteiger partial charge in [-0.25, -0.2) is 0 Å². The molecule has 1 aliphatic carbocycles. The molecule has 0 N–H and O–H groups in total. The first-order valence-corrected chi connectivity index (χ1v) is 7.06. The van der Waals surface area contributed by atoms with Gasteiger partial charge in [0.05, 0.1) is 17.7 Å². The molecule has 0 bridgehead atoms. The summed E-state index contributed by atoms with van der Waals surface area (Å²) in [6.45, 7) is 2.26. The van der Waals surface area contributed by atoms with Crippen LogP contribution in [0.4, 0.5) is 0 Å². The van der Waals surface area contributed by atoms with Gasteiger partial charge in [0.15, 0.2) is 0 Å². The maximum Gasteiger partial charge on any atom is 0.0689 e. The molecule has 3 heteroatoms. The summed E-state index contributed by atoms with van der Waals surface area (Å²) < 4.78 is 1.84. The van der Waals surface area contributed by atoms with Gasteiger partial charge >= 0.3 is 0 Å². The Morgan fingerprint density at radius 1 is 1.50 bits per heavy atom. The monoisotopic (exact) mass is 245 g/mol. The number of aromatic nitrogens is 2. The molecule has 98 valence electrons. The molecule has 3 nitrogen and oxygen atoms in total. The van der Waals surface area contributed by atoms with Crippen molar-refractivity contribution in [3.8, 4) is 6.07 Å². The molecule has 1 aromatic heterocycles. The summed E-state index contributed by atoms with van der Waals surface area (Å²) in [5, 5.41) is 13.7. The van der Waals surface area contributed by atoms with Crippen molar-refractivity contribution < 1.29 is 0 Å². The third kappa shape index (κ3) is 2.93. The highest BCUT2D eigenvalue weighted by molar-refractivity contribution is 5.08. The molecule has 1 fully saturated rings. The van der Waals surface area contributed by atoms with Gasteiger partial charge in [-0.15, -0.1) is 0 Å². The number of nitriles is 1. The van der Waals surface area contributed by atoms with E-state index in [9.17, 15) is 5.26 Å². The smallest absolute Gasteiger partial charge is 0.0689 e. The van der Waals surface area contributed by atoms with Crippen molar-refractivity contribution in [3.63, 3.8) is 0 Å². The second-order valence-electron chi connectivity index (χ2n) is 5.77. The number of hydrogen-bond acceptors (Lipinski definition) is 2. The van der Waals surface area contributed by atoms with Crippen LogP contribution in [0, 0.1) is 22.7 Å². The Morgan fingerprint density at radius 3 is 2.72 bits per heavy atom. The average molecular weight is 245 g/mol. The molecule has 1 heterocycles. The zero-order valence-electron chi connectivity index (χ0n) is 11.5. The van der Waals surface area contributed by atoms with E-state index in [-0.39, 0.29) is 5.41 Å². The van der Waals surface area contributed by atoms with Crippen LogP contribution >= 0.6 is 0 Å². The summed E-state index contributed by atoms with van der Waals surface area (Å²) in [6, 6.07) is 2.61. The van der Waals surface area contributed by atoms with E-state index in [0.29, 0.717) is 0 Å². The average Bonchev–Trinajstić information content (AvgIpc) is 2.83. The van der Waals surface area contributed by atoms with Gasteiger partial charge in [0.1, 0.15) is 0 Å². The van der Waals surface area contributed by atoms with Gasteiger partial charge in [0.2, 0.25) is 0 Å². The fourth-order valence-corrected chi connectivity index (χ4v) is 3.04. The first-order valence-electron chi connectivity index (χ1n) is 7.06. The standard InChI is InChI=1S/C15H23N3/c1-3-13-4-7-15(12-16,8-5-13)9-6-14-10-17-18(2)11-14/h10-11,13H,3-9H2,1-2H3. The molecule has 0 aromatic carbocycles. The summed E-state index contributed by atoms with van der Waals surface area (Å²) in [7, 11) is 1.94. The van der Waals surface area contributed by atoms with Crippen LogP contribution in [0.3, 0.4) is 0 Å². The Balaban J connectivity index is 1.92. The first kappa shape index (κ1) is 13.1. The predicted octanol–water partition coefficient (Wildman–Crippen LogP) is 3.46. The van der Waals surface area contributed by atoms with Crippen LogP contribution in [0.1, 0.15) is 51.0 Å². The molecule has 18 heavy (non-hydrogen) atoms. The van der Waals surface area contributed by atoms with Crippen molar-refractivity contribution in [1.82, 2.24) is 9.78 Å². The Bertz CT molecular complexity index is 419. The van der Waals surface area contributed by atoms with E-state index in [1.807, 2.05) is 17.9 Å². The van der Waals surface area contributed by atoms with Crippen LogP contribution in [-0.4, -0.2) is 9.78 Å². The van der Waals surface area contributed by atoms with E-state index in [1.165, 1.54) is 24.8 Å². The lowest BCUT2D eigenvalue weighted by Crippen LogP contribution is -2.26. The molecule has 1 saturated carbocycles. The van der Waals surface area contributed by atoms with Gasteiger partial charge < -0.3 is 0 Å². The number of aryl methyl sites for hydroxylation is 2. The molecule has 1 aliphatic rings. The topological polar surface area (TPSA) is 41.6 Å². The minimum Gasteiger partial charge on any atom is -0.276 e. The Labute approximate surface area is 110 Å². The zero-order chi connectivity index (χ0) is 13.0. The maximum atomic E-state index is 9.51. The molecule has 0 unspecified atom stereocenters. The SMILES string of the molecule is CCC1CCC(C#N)(CCc2cnn(C)c2)CC1. The maximum absolute atomic E-state index is 9.51. The quantitative estimate of drug-likeness (QED) is 0.815. The minimum absolute atomic E-state index is 0.0679. The van der Waals surface area contributed by atoms with E-state index in [2.05, 4.69) is 24.3 Å². The molecule has 0 radical (unpaired) electrons. The van der Waals surface area contributed by atoms with Crippen LogP contribution in [-0.2, 0) is 13.5 Å². The van der Waals surface area contributed by atoms with Crippen LogP contribution in [0.25, 0.3) is 0 Å². The summed E-state index contributed by atoms with van der Waals surface area (Å²) in [6.07, 6.45) is 11.9. The predicted molar refractivity (Wildman–Crippen MR) is 71.8 cm³/mol. The lowest BCUT2D eigenvalue weighted by atomic mass is 9.68. The first-order chi connectivity index (χ1) is 8.67. The van der Waals surface area contributed by atoms with E-state index >= 15 is 0 Å². The molecule has 0 saturated heterocycles. The van der Waals surface area contributed by atoms with Gasteiger partial charge in [0, 0.05) is 13.2 Å². The van der Waals surface area contributed by atoms with Crippen molar-refractivity contribution in [2.24, 2.45) is 18.4 Å². The molecular formula is C15H23N3. The molecule has 0 aliphatic heterocycles. The second kappa shape index (κ2) is 5.56. The van der Waals surface area contributed by atoms with Crippen LogP contribution in [0.2, 0.25) is 0 Å². The number of hydrogen-bond donors (Lipinski definition) is 0. The fraction of sp³-hybridized carbons (Fsp3) is 0.733. The minimum atomic E-state index is -0.0679. The molecule has 2 rings (SSSR count). The van der Waals surface area contributed by atoms with Gasteiger partial charge in [0.25, 0.3) is 0 Å². The third-order valence-electron chi connectivity index (χ3n) is 4.53. The number of nitrogens with zero attached hydrogens (tertiary/aromatic N) is 3. The summed E-state index contributed by atoms with van der Waals surface area (Å²) in [5.41, 5.74) is 1.19. The van der Waals surface area contributed by atoms with Crippen molar-refractivity contribution in [2.75, 3.05) is 0 Å². The normalized spacial score (nSPS) is 27.9. The lowest BCUT2D eigenvalue weighted by Gasteiger charge is -2.34. The van der Waals surface area contributed by atoms with E-state index in [4.69, 9.17) is 0 Å².